The number of hydrogen-bond acceptors (Lipinski definition) is 11. The third kappa shape index (κ3) is 11.9. The van der Waals surface area contributed by atoms with E-state index in [4.69, 9.17) is 24.7 Å². The smallest absolute Gasteiger partial charge is 0.303 e. The highest BCUT2D eigenvalue weighted by Crippen LogP contribution is 2.43. The molecule has 19 nitrogen and oxygen atoms in total. The van der Waals surface area contributed by atoms with Crippen LogP contribution in [0.3, 0.4) is 0 Å². The maximum absolute atomic E-state index is 12.2. The summed E-state index contributed by atoms with van der Waals surface area (Å²) in [7, 11) is 0. The molecule has 0 aliphatic carbocycles. The number of H-pyrrole nitrogens is 4. The van der Waals surface area contributed by atoms with E-state index in [1.165, 1.54) is 0 Å². The lowest BCUT2D eigenvalue weighted by Crippen LogP contribution is -2.07. The van der Waals surface area contributed by atoms with Crippen LogP contribution in [0.5, 0.6) is 0 Å². The molecule has 19 heteroatoms. The number of carboxylic acids is 4. The molecule has 0 aromatic carbocycles. The van der Waals surface area contributed by atoms with Crippen LogP contribution >= 0.6 is 0 Å². The number of nitrogens with one attached hydrogen (secondary N) is 4. The Morgan fingerprint density at radius 2 is 0.586 bits per heavy atom. The van der Waals surface area contributed by atoms with Crippen LogP contribution in [0.2, 0.25) is 0 Å². The van der Waals surface area contributed by atoms with Gasteiger partial charge in [-0.25, -0.2) is 19.9 Å². The molecule has 6 aromatic rings. The van der Waals surface area contributed by atoms with Gasteiger partial charge in [0.25, 0.3) is 0 Å². The van der Waals surface area contributed by atoms with Gasteiger partial charge in [-0.05, 0) is 224 Å². The number of aliphatic hydroxyl groups excluding tert-OH is 2. The van der Waals surface area contributed by atoms with Gasteiger partial charge in [-0.1, -0.05) is 0 Å². The molecule has 10 rings (SSSR count). The van der Waals surface area contributed by atoms with E-state index >= 15 is 0 Å². The van der Waals surface area contributed by atoms with Crippen LogP contribution < -0.4 is 0 Å². The Hall–Kier alpha value is -9.04. The highest BCUT2D eigenvalue weighted by Gasteiger charge is 2.29. The molecule has 10 N–H and O–H groups in total. The number of hydrogen-bond donors (Lipinski definition) is 10. The second kappa shape index (κ2) is 24.0. The number of ether oxygens (including phenoxy) is 1. The second-order valence-corrected chi connectivity index (χ2v) is 23.4. The van der Waals surface area contributed by atoms with Crippen molar-refractivity contribution < 1.29 is 54.6 Å². The molecule has 4 atom stereocenters. The number of aromatic amines is 4. The topological polar surface area (TPSA) is 314 Å². The molecule has 4 aliphatic heterocycles. The van der Waals surface area contributed by atoms with Gasteiger partial charge < -0.3 is 55.3 Å². The summed E-state index contributed by atoms with van der Waals surface area (Å²) < 4.78 is 7.28. The molecule has 6 aromatic heterocycles. The fourth-order valence-corrected chi connectivity index (χ4v) is 13.0. The van der Waals surface area contributed by atoms with Crippen molar-refractivity contribution in [2.45, 2.75) is 159 Å². The number of aliphatic hydroxyl groups is 2. The molecule has 16 bridgehead atoms. The minimum Gasteiger partial charge on any atom is -0.481 e. The van der Waals surface area contributed by atoms with Gasteiger partial charge in [-0.2, -0.15) is 0 Å². The van der Waals surface area contributed by atoms with E-state index in [2.05, 4.69) is 19.9 Å². The number of rotatable bonds is 18. The minimum atomic E-state index is -0.967. The Bertz CT molecular complexity index is 4140. The Kier molecular flexibility index (Phi) is 16.9. The van der Waals surface area contributed by atoms with Crippen molar-refractivity contribution in [2.75, 3.05) is 0 Å². The van der Waals surface area contributed by atoms with Crippen LogP contribution in [0, 0.1) is 27.7 Å². The first-order chi connectivity index (χ1) is 41.2. The summed E-state index contributed by atoms with van der Waals surface area (Å²) in [4.78, 5) is 83.3. The number of carboxylic acid groups (broad SMARTS) is 4. The Balaban J connectivity index is 1.20. The molecular weight excluding hydrogens is 1100 g/mol. The molecule has 0 fully saturated rings. The molecule has 0 saturated heterocycles. The number of carbonyl (C=O) groups is 4. The first-order valence-electron chi connectivity index (χ1n) is 29.4. The highest BCUT2D eigenvalue weighted by molar-refractivity contribution is 5.99. The Morgan fingerprint density at radius 1 is 0.356 bits per heavy atom. The third-order valence-corrected chi connectivity index (χ3v) is 17.7. The van der Waals surface area contributed by atoms with Gasteiger partial charge in [0.1, 0.15) is 0 Å². The van der Waals surface area contributed by atoms with Crippen LogP contribution in [0.15, 0.2) is 48.5 Å². The number of fused-ring (bicyclic) bond motifs is 16. The number of nitrogens with zero attached hydrogens (tertiary/aromatic N) is 4. The minimum absolute atomic E-state index is 0.134. The molecule has 452 valence electrons. The van der Waals surface area contributed by atoms with Gasteiger partial charge in [0.2, 0.25) is 0 Å². The monoisotopic (exact) mass is 1180 g/mol. The van der Waals surface area contributed by atoms with Crippen LogP contribution in [0.4, 0.5) is 0 Å². The standard InChI is InChI=1S/C68H74N8O11/c1-29-41(13-17-61(79)80)53-27-55-43(15-19-63(83)84)31(3)47(71-55)23-59-67(35(7)51(75-59)25-57-65(37(9)77)33(5)49(73-57)21-45(29)69-53)39(11)87-40(12)68-36(8)52-26-58-66(38(10)78)34(6)50(74-58)22-46-30(2)42(14-18-62(81)82)54(70-46)28-56-44(16-20-64(85)86)32(4)48(72-56)24-60(68)76-52/h21-28,37-40,73-78H,13-20H2,1-12H3,(H,79,80)(H,81,82)(H,83,84)(H,85,86). The zero-order chi connectivity index (χ0) is 62.8. The van der Waals surface area contributed by atoms with E-state index in [-0.39, 0.29) is 51.4 Å². The highest BCUT2D eigenvalue weighted by atomic mass is 16.5. The van der Waals surface area contributed by atoms with E-state index in [1.807, 2.05) is 118 Å². The van der Waals surface area contributed by atoms with E-state index in [0.717, 1.165) is 89.0 Å². The van der Waals surface area contributed by atoms with Gasteiger partial charge in [-0.15, -0.1) is 0 Å². The number of aryl methyl sites for hydroxylation is 4. The third-order valence-electron chi connectivity index (χ3n) is 17.7. The van der Waals surface area contributed by atoms with E-state index in [1.54, 1.807) is 13.8 Å². The molecule has 10 heterocycles. The van der Waals surface area contributed by atoms with Gasteiger partial charge in [0, 0.05) is 92.1 Å². The second-order valence-electron chi connectivity index (χ2n) is 23.4. The number of aliphatic carboxylic acids is 4. The van der Waals surface area contributed by atoms with Gasteiger partial charge in [0.05, 0.1) is 70.0 Å². The molecule has 0 saturated carbocycles. The van der Waals surface area contributed by atoms with E-state index in [0.29, 0.717) is 89.8 Å². The first-order valence-corrected chi connectivity index (χ1v) is 29.4. The van der Waals surface area contributed by atoms with Crippen molar-refractivity contribution in [3.05, 3.63) is 139 Å². The van der Waals surface area contributed by atoms with Crippen molar-refractivity contribution in [2.24, 2.45) is 0 Å². The lowest BCUT2D eigenvalue weighted by molar-refractivity contribution is -0.137. The van der Waals surface area contributed by atoms with Crippen LogP contribution in [0.1, 0.15) is 221 Å². The molecular formula is C68H74N8O11. The molecule has 4 aliphatic rings. The summed E-state index contributed by atoms with van der Waals surface area (Å²) in [5.41, 5.74) is 22.4. The van der Waals surface area contributed by atoms with Crippen molar-refractivity contribution in [3.8, 4) is 0 Å². The van der Waals surface area contributed by atoms with Gasteiger partial charge in [0.15, 0.2) is 0 Å². The van der Waals surface area contributed by atoms with Crippen molar-refractivity contribution in [3.63, 3.8) is 0 Å². The predicted octanol–water partition coefficient (Wildman–Crippen LogP) is 14.3. The molecule has 0 radical (unpaired) electrons. The molecule has 87 heavy (non-hydrogen) atoms. The first kappa shape index (κ1) is 61.1. The van der Waals surface area contributed by atoms with E-state index in [9.17, 15) is 49.8 Å². The SMILES string of the molecule is CC1=C(CCC(=O)O)c2cc3nc(cc4[nH]c(cc5[nH]c(cc1n2)c(C)c5C(C)O)c(C)c4C(C)OC(C)c1c(C)c2cc4[nH]c(cc5nc(cc6nc(cc1[nH]2)C(C)=C6CCC(=O)O)C(CCC(=O)O)=C5C)c(C)c4C(C)O)C(C)=C3CCC(=O)O. The Morgan fingerprint density at radius 3 is 0.839 bits per heavy atom. The fourth-order valence-electron chi connectivity index (χ4n) is 13.0. The number of allylic oxidation sites excluding steroid dienone is 8. The average Bonchev–Trinajstić information content (AvgIpc) is 2.66. The normalized spacial score (nSPS) is 15.0. The average molecular weight is 1180 g/mol. The summed E-state index contributed by atoms with van der Waals surface area (Å²) in [5, 5.41) is 62.3. The van der Waals surface area contributed by atoms with Crippen LogP contribution in [-0.4, -0.2) is 94.4 Å². The maximum Gasteiger partial charge on any atom is 0.303 e. The number of aromatic nitrogens is 8. The van der Waals surface area contributed by atoms with Crippen molar-refractivity contribution >= 4 is 113 Å². The lowest BCUT2D eigenvalue weighted by Gasteiger charge is -2.21. The lowest BCUT2D eigenvalue weighted by atomic mass is 9.98. The fraction of sp³-hybridized carbons (Fsp3) is 0.353. The molecule has 4 unspecified atom stereocenters. The summed E-state index contributed by atoms with van der Waals surface area (Å²) >= 11 is 0. The van der Waals surface area contributed by atoms with Crippen LogP contribution in [-0.2, 0) is 23.9 Å². The van der Waals surface area contributed by atoms with Gasteiger partial charge >= 0.3 is 23.9 Å². The molecule has 0 spiro atoms. The van der Waals surface area contributed by atoms with Crippen molar-refractivity contribution in [1.29, 1.82) is 0 Å². The predicted molar refractivity (Wildman–Crippen MR) is 338 cm³/mol. The zero-order valence-electron chi connectivity index (χ0n) is 51.1. The molecule has 0 amide bonds. The summed E-state index contributed by atoms with van der Waals surface area (Å²) in [5.74, 6) is -3.85. The van der Waals surface area contributed by atoms with Crippen LogP contribution in [0.25, 0.3) is 88.7 Å². The maximum atomic E-state index is 12.2. The Labute approximate surface area is 502 Å². The van der Waals surface area contributed by atoms with Gasteiger partial charge in [-0.3, -0.25) is 19.2 Å². The van der Waals surface area contributed by atoms with E-state index < -0.39 is 48.3 Å². The summed E-state index contributed by atoms with van der Waals surface area (Å²) in [6, 6.07) is 15.3. The van der Waals surface area contributed by atoms with Crippen molar-refractivity contribution in [1.82, 2.24) is 39.9 Å². The summed E-state index contributed by atoms with van der Waals surface area (Å²) in [6.07, 6.45) is -2.80. The zero-order valence-corrected chi connectivity index (χ0v) is 51.1. The largest absolute Gasteiger partial charge is 0.481 e. The quantitative estimate of drug-likeness (QED) is 0.0382. The summed E-state index contributed by atoms with van der Waals surface area (Å²) in [6.45, 7) is 22.9.